The van der Waals surface area contributed by atoms with Gasteiger partial charge in [-0.05, 0) is 19.1 Å². The van der Waals surface area contributed by atoms with E-state index < -0.39 is 5.82 Å². The maximum Gasteiger partial charge on any atom is 0.269 e. The predicted molar refractivity (Wildman–Crippen MR) is 81.2 cm³/mol. The number of halogens is 1. The van der Waals surface area contributed by atoms with Crippen LogP contribution < -0.4 is 10.1 Å². The van der Waals surface area contributed by atoms with Crippen molar-refractivity contribution < 1.29 is 13.9 Å². The molecule has 1 N–H and O–H groups in total. The van der Waals surface area contributed by atoms with Crippen LogP contribution in [0.5, 0.6) is 5.75 Å². The lowest BCUT2D eigenvalue weighted by Crippen LogP contribution is -2.25. The minimum absolute atomic E-state index is 0.0696. The van der Waals surface area contributed by atoms with E-state index in [1.807, 2.05) is 0 Å². The van der Waals surface area contributed by atoms with E-state index >= 15 is 0 Å². The Bertz CT molecular complexity index is 695. The molecule has 0 unspecified atom stereocenters. The van der Waals surface area contributed by atoms with Gasteiger partial charge in [0, 0.05) is 19.2 Å². The van der Waals surface area contributed by atoms with Crippen LogP contribution in [0.15, 0.2) is 36.9 Å². The summed E-state index contributed by atoms with van der Waals surface area (Å²) in [6, 6.07) is 6.49. The fourth-order valence-electron chi connectivity index (χ4n) is 2.04. The van der Waals surface area contributed by atoms with E-state index in [1.165, 1.54) is 10.7 Å². The molecule has 0 aliphatic rings. The van der Waals surface area contributed by atoms with E-state index in [-0.39, 0.29) is 24.8 Å². The Morgan fingerprint density at radius 2 is 2.32 bits per heavy atom. The minimum atomic E-state index is -0.481. The smallest absolute Gasteiger partial charge is 0.269 e. The molecule has 116 valence electrons. The number of nitrogens with one attached hydrogen (secondary N) is 1. The molecule has 0 radical (unpaired) electrons. The highest BCUT2D eigenvalue weighted by atomic mass is 19.1. The molecule has 0 saturated heterocycles. The number of hydrogen-bond donors (Lipinski definition) is 1. The van der Waals surface area contributed by atoms with Gasteiger partial charge in [0.2, 0.25) is 0 Å². The summed E-state index contributed by atoms with van der Waals surface area (Å²) in [6.45, 7) is 5.61. The third-order valence-electron chi connectivity index (χ3n) is 3.07. The number of aromatic nitrogens is 2. The molecule has 22 heavy (non-hydrogen) atoms. The molecule has 2 aromatic rings. The van der Waals surface area contributed by atoms with E-state index in [0.717, 1.165) is 5.69 Å². The molecule has 1 aromatic carbocycles. The fourth-order valence-corrected chi connectivity index (χ4v) is 2.04. The first-order valence-corrected chi connectivity index (χ1v) is 6.83. The number of carbonyl (C=O) groups is 1. The van der Waals surface area contributed by atoms with Gasteiger partial charge in [-0.1, -0.05) is 24.8 Å². The van der Waals surface area contributed by atoms with Crippen molar-refractivity contribution in [3.05, 3.63) is 59.7 Å². The van der Waals surface area contributed by atoms with Gasteiger partial charge in [-0.2, -0.15) is 5.10 Å². The van der Waals surface area contributed by atoms with Gasteiger partial charge in [-0.25, -0.2) is 4.39 Å². The van der Waals surface area contributed by atoms with Crippen molar-refractivity contribution in [3.63, 3.8) is 0 Å². The first-order chi connectivity index (χ1) is 10.5. The van der Waals surface area contributed by atoms with Gasteiger partial charge in [-0.3, -0.25) is 9.48 Å². The van der Waals surface area contributed by atoms with Crippen molar-refractivity contribution in [3.8, 4) is 5.75 Å². The van der Waals surface area contributed by atoms with Gasteiger partial charge in [0.25, 0.3) is 5.91 Å². The highest BCUT2D eigenvalue weighted by molar-refractivity contribution is 5.92. The van der Waals surface area contributed by atoms with Gasteiger partial charge < -0.3 is 10.1 Å². The lowest BCUT2D eigenvalue weighted by molar-refractivity contribution is 0.0941. The molecule has 6 heteroatoms. The Balaban J connectivity index is 2.06. The molecule has 1 amide bonds. The van der Waals surface area contributed by atoms with Crippen molar-refractivity contribution in [1.29, 1.82) is 0 Å². The summed E-state index contributed by atoms with van der Waals surface area (Å²) in [5, 5.41) is 6.78. The predicted octanol–water partition coefficient (Wildman–Crippen LogP) is 2.36. The summed E-state index contributed by atoms with van der Waals surface area (Å²) in [5.74, 6) is -0.645. The maximum atomic E-state index is 14.2. The van der Waals surface area contributed by atoms with Gasteiger partial charge in [0.1, 0.15) is 12.3 Å². The quantitative estimate of drug-likeness (QED) is 0.834. The largest absolute Gasteiger partial charge is 0.486 e. The molecule has 0 spiro atoms. The summed E-state index contributed by atoms with van der Waals surface area (Å²) in [5.41, 5.74) is 1.53. The molecule has 0 bridgehead atoms. The van der Waals surface area contributed by atoms with Crippen LogP contribution in [0, 0.1) is 12.7 Å². The number of hydrogen-bond acceptors (Lipinski definition) is 3. The molecular formula is C16H18FN3O2. The maximum absolute atomic E-state index is 14.2. The molecule has 0 fully saturated rings. The first kappa shape index (κ1) is 15.8. The Hall–Kier alpha value is -2.63. The molecule has 0 saturated carbocycles. The topological polar surface area (TPSA) is 56.1 Å². The Kier molecular flexibility index (Phi) is 4.93. The Labute approximate surface area is 128 Å². The lowest BCUT2D eigenvalue weighted by atomic mass is 10.2. The van der Waals surface area contributed by atoms with Gasteiger partial charge in [-0.15, -0.1) is 0 Å². The first-order valence-electron chi connectivity index (χ1n) is 6.83. The minimum Gasteiger partial charge on any atom is -0.486 e. The van der Waals surface area contributed by atoms with E-state index in [2.05, 4.69) is 17.0 Å². The second-order valence-corrected chi connectivity index (χ2v) is 4.81. The number of benzene rings is 1. The summed E-state index contributed by atoms with van der Waals surface area (Å²) in [6.07, 6.45) is 1.54. The zero-order chi connectivity index (χ0) is 16.1. The number of nitrogens with zero attached hydrogens (tertiary/aromatic N) is 2. The molecule has 0 aliphatic heterocycles. The molecule has 1 aromatic heterocycles. The average Bonchev–Trinajstić information content (AvgIpc) is 2.83. The second kappa shape index (κ2) is 6.89. The van der Waals surface area contributed by atoms with E-state index in [9.17, 15) is 9.18 Å². The van der Waals surface area contributed by atoms with Gasteiger partial charge in [0.15, 0.2) is 11.6 Å². The molecule has 2 rings (SSSR count). The van der Waals surface area contributed by atoms with Crippen molar-refractivity contribution in [2.45, 2.75) is 13.5 Å². The summed E-state index contributed by atoms with van der Waals surface area (Å²) in [4.78, 5) is 12.1. The summed E-state index contributed by atoms with van der Waals surface area (Å²) >= 11 is 0. The van der Waals surface area contributed by atoms with Crippen LogP contribution in [0.25, 0.3) is 0 Å². The van der Waals surface area contributed by atoms with E-state index in [0.29, 0.717) is 11.3 Å². The van der Waals surface area contributed by atoms with Crippen LogP contribution in [-0.4, -0.2) is 22.3 Å². The van der Waals surface area contributed by atoms with Crippen LogP contribution in [0.3, 0.4) is 0 Å². The third-order valence-corrected chi connectivity index (χ3v) is 3.07. The SMILES string of the molecule is C=CCOc1cccc(CNC(=O)c2cc(C)nn2C)c1F. The van der Waals surface area contributed by atoms with E-state index in [1.54, 1.807) is 38.2 Å². The summed E-state index contributed by atoms with van der Waals surface area (Å²) < 4.78 is 20.9. The van der Waals surface area contributed by atoms with Crippen LogP contribution in [0.1, 0.15) is 21.7 Å². The Morgan fingerprint density at radius 3 is 2.95 bits per heavy atom. The van der Waals surface area contributed by atoms with E-state index in [4.69, 9.17) is 4.74 Å². The zero-order valence-electron chi connectivity index (χ0n) is 12.6. The average molecular weight is 303 g/mol. The highest BCUT2D eigenvalue weighted by Crippen LogP contribution is 2.20. The molecule has 5 nitrogen and oxygen atoms in total. The van der Waals surface area contributed by atoms with Gasteiger partial charge >= 0.3 is 0 Å². The van der Waals surface area contributed by atoms with Crippen LogP contribution in [-0.2, 0) is 13.6 Å². The number of amides is 1. The van der Waals surface area contributed by atoms with Crippen molar-refractivity contribution in [1.82, 2.24) is 15.1 Å². The molecule has 1 heterocycles. The van der Waals surface area contributed by atoms with Crippen LogP contribution >= 0.6 is 0 Å². The van der Waals surface area contributed by atoms with Gasteiger partial charge in [0.05, 0.1) is 5.69 Å². The monoisotopic (exact) mass is 303 g/mol. The van der Waals surface area contributed by atoms with Crippen LogP contribution in [0.2, 0.25) is 0 Å². The second-order valence-electron chi connectivity index (χ2n) is 4.81. The lowest BCUT2D eigenvalue weighted by Gasteiger charge is -2.10. The summed E-state index contributed by atoms with van der Waals surface area (Å²) in [7, 11) is 1.69. The third kappa shape index (κ3) is 3.52. The standard InChI is InChI=1S/C16H18FN3O2/c1-4-8-22-14-7-5-6-12(15(14)17)10-18-16(21)13-9-11(2)19-20(13)3/h4-7,9H,1,8,10H2,2-3H3,(H,18,21). The zero-order valence-corrected chi connectivity index (χ0v) is 12.6. The van der Waals surface area contributed by atoms with Crippen molar-refractivity contribution >= 4 is 5.91 Å². The number of ether oxygens (including phenoxy) is 1. The fraction of sp³-hybridized carbons (Fsp3) is 0.250. The number of aryl methyl sites for hydroxylation is 2. The van der Waals surface area contributed by atoms with Crippen molar-refractivity contribution in [2.24, 2.45) is 7.05 Å². The Morgan fingerprint density at radius 1 is 1.55 bits per heavy atom. The van der Waals surface area contributed by atoms with Crippen LogP contribution in [0.4, 0.5) is 4.39 Å². The normalized spacial score (nSPS) is 10.3. The molecule has 0 atom stereocenters. The molecule has 0 aliphatic carbocycles. The number of carbonyl (C=O) groups excluding carboxylic acids is 1. The van der Waals surface area contributed by atoms with Crippen molar-refractivity contribution in [2.75, 3.05) is 6.61 Å². The molecular weight excluding hydrogens is 285 g/mol. The number of rotatable bonds is 6. The highest BCUT2D eigenvalue weighted by Gasteiger charge is 2.14.